The molecular weight excluding hydrogens is 511 g/mol. The average molecular weight is 542 g/mol. The molecule has 11 heteroatoms. The lowest BCUT2D eigenvalue weighted by Crippen LogP contribution is -2.41. The topological polar surface area (TPSA) is 105 Å². The maximum absolute atomic E-state index is 13.3. The Morgan fingerprint density at radius 1 is 1.05 bits per heavy atom. The second kappa shape index (κ2) is 12.2. The van der Waals surface area contributed by atoms with Crippen molar-refractivity contribution < 1.29 is 27.5 Å². The Labute approximate surface area is 224 Å². The van der Waals surface area contributed by atoms with Crippen molar-refractivity contribution in [1.82, 2.24) is 15.3 Å². The van der Waals surface area contributed by atoms with Gasteiger partial charge >= 0.3 is 6.18 Å². The summed E-state index contributed by atoms with van der Waals surface area (Å²) in [6.45, 7) is 1.02. The molecular formula is C28H30F3N5O3. The standard InChI is InChI=1S/C28H30F3N5O3/c1-32-26-34-16-20(17-35-26)24(37)7-4-12-27(13-14-39-18-27)25(38)33-15-19-8-10-21(11-9-19)36-23-6-3-2-5-22(23)28(29,30)31/h2-3,5-6,8-11,16-17,36H,4,7,12-15,18H2,1H3,(H,33,38)(H,32,34,35)/t27-/m1/s1. The van der Waals surface area contributed by atoms with Crippen molar-refractivity contribution in [3.63, 3.8) is 0 Å². The van der Waals surface area contributed by atoms with Crippen molar-refractivity contribution >= 4 is 29.0 Å². The molecule has 0 unspecified atom stereocenters. The van der Waals surface area contributed by atoms with Gasteiger partial charge in [0.1, 0.15) is 0 Å². The molecule has 3 aromatic rings. The highest BCUT2D eigenvalue weighted by molar-refractivity contribution is 5.95. The Morgan fingerprint density at radius 2 is 1.77 bits per heavy atom. The van der Waals surface area contributed by atoms with Crippen molar-refractivity contribution in [3.8, 4) is 0 Å². The van der Waals surface area contributed by atoms with Gasteiger partial charge in [-0.1, -0.05) is 24.3 Å². The zero-order chi connectivity index (χ0) is 27.9. The van der Waals surface area contributed by atoms with Gasteiger partial charge in [0, 0.05) is 44.7 Å². The normalized spacial score (nSPS) is 17.0. The molecule has 1 aromatic heterocycles. The number of nitrogens with zero attached hydrogens (tertiary/aromatic N) is 2. The second-order valence-electron chi connectivity index (χ2n) is 9.45. The van der Waals surface area contributed by atoms with Crippen LogP contribution >= 0.6 is 0 Å². The lowest BCUT2D eigenvalue weighted by molar-refractivity contribution is -0.137. The highest BCUT2D eigenvalue weighted by atomic mass is 19.4. The molecule has 206 valence electrons. The van der Waals surface area contributed by atoms with E-state index < -0.39 is 17.2 Å². The van der Waals surface area contributed by atoms with Crippen LogP contribution in [0, 0.1) is 5.41 Å². The number of alkyl halides is 3. The monoisotopic (exact) mass is 541 g/mol. The minimum Gasteiger partial charge on any atom is -0.380 e. The molecule has 0 saturated carbocycles. The molecule has 1 aliphatic heterocycles. The molecule has 8 nitrogen and oxygen atoms in total. The number of nitrogens with one attached hydrogen (secondary N) is 3. The number of carbonyl (C=O) groups excluding carboxylic acids is 2. The fourth-order valence-electron chi connectivity index (χ4n) is 4.50. The van der Waals surface area contributed by atoms with Gasteiger partial charge in [0.25, 0.3) is 0 Å². The molecule has 1 amide bonds. The van der Waals surface area contributed by atoms with Gasteiger partial charge in [-0.05, 0) is 49.1 Å². The summed E-state index contributed by atoms with van der Waals surface area (Å²) >= 11 is 0. The first-order valence-electron chi connectivity index (χ1n) is 12.6. The summed E-state index contributed by atoms with van der Waals surface area (Å²) in [6.07, 6.45) is 0.353. The lowest BCUT2D eigenvalue weighted by atomic mass is 9.80. The fraction of sp³-hybridized carbons (Fsp3) is 0.357. The predicted octanol–water partition coefficient (Wildman–Crippen LogP) is 5.36. The Kier molecular flexibility index (Phi) is 8.80. The molecule has 1 saturated heterocycles. The van der Waals surface area contributed by atoms with E-state index in [1.807, 2.05) is 0 Å². The van der Waals surface area contributed by atoms with Crippen molar-refractivity contribution in [2.45, 2.75) is 38.4 Å². The Hall–Kier alpha value is -3.99. The minimum absolute atomic E-state index is 0.0322. The number of aromatic nitrogens is 2. The smallest absolute Gasteiger partial charge is 0.380 e. The van der Waals surface area contributed by atoms with Crippen molar-refractivity contribution in [2.75, 3.05) is 30.9 Å². The first-order chi connectivity index (χ1) is 18.7. The van der Waals surface area contributed by atoms with Crippen LogP contribution in [0.25, 0.3) is 0 Å². The third-order valence-electron chi connectivity index (χ3n) is 6.76. The molecule has 1 atom stereocenters. The SMILES string of the molecule is CNc1ncc(C(=O)CCC[C@@]2(C(=O)NCc3ccc(Nc4ccccc4C(F)(F)F)cc3)CCOC2)cn1. The molecule has 0 radical (unpaired) electrons. The summed E-state index contributed by atoms with van der Waals surface area (Å²) in [5.41, 5.74) is 0.234. The van der Waals surface area contributed by atoms with E-state index in [4.69, 9.17) is 4.74 Å². The highest BCUT2D eigenvalue weighted by Crippen LogP contribution is 2.36. The van der Waals surface area contributed by atoms with Crippen LogP contribution in [0.4, 0.5) is 30.5 Å². The number of para-hydroxylation sites is 1. The third-order valence-corrected chi connectivity index (χ3v) is 6.76. The molecule has 0 spiro atoms. The van der Waals surface area contributed by atoms with E-state index in [0.29, 0.717) is 43.1 Å². The van der Waals surface area contributed by atoms with E-state index in [9.17, 15) is 22.8 Å². The number of benzene rings is 2. The van der Waals surface area contributed by atoms with Crippen LogP contribution in [0.15, 0.2) is 60.9 Å². The number of rotatable bonds is 11. The predicted molar refractivity (Wildman–Crippen MR) is 141 cm³/mol. The third kappa shape index (κ3) is 7.11. The Morgan fingerprint density at radius 3 is 2.41 bits per heavy atom. The van der Waals surface area contributed by atoms with E-state index in [-0.39, 0.29) is 37.0 Å². The molecule has 0 aliphatic carbocycles. The summed E-state index contributed by atoms with van der Waals surface area (Å²) in [5.74, 6) is 0.206. The lowest BCUT2D eigenvalue weighted by Gasteiger charge is -2.26. The average Bonchev–Trinajstić information content (AvgIpc) is 3.42. The van der Waals surface area contributed by atoms with Crippen LogP contribution < -0.4 is 16.0 Å². The number of carbonyl (C=O) groups is 2. The molecule has 4 rings (SSSR count). The van der Waals surface area contributed by atoms with Crippen LogP contribution in [-0.2, 0) is 22.3 Å². The maximum atomic E-state index is 13.3. The second-order valence-corrected chi connectivity index (χ2v) is 9.45. The zero-order valence-corrected chi connectivity index (χ0v) is 21.5. The van der Waals surface area contributed by atoms with Gasteiger partial charge in [-0.2, -0.15) is 13.2 Å². The van der Waals surface area contributed by atoms with E-state index in [2.05, 4.69) is 25.9 Å². The van der Waals surface area contributed by atoms with Crippen LogP contribution in [0.5, 0.6) is 0 Å². The van der Waals surface area contributed by atoms with Gasteiger partial charge in [0.15, 0.2) is 5.78 Å². The zero-order valence-electron chi connectivity index (χ0n) is 21.5. The number of halogens is 3. The van der Waals surface area contributed by atoms with Crippen LogP contribution in [0.3, 0.4) is 0 Å². The Balaban J connectivity index is 1.30. The van der Waals surface area contributed by atoms with E-state index in [1.54, 1.807) is 31.3 Å². The van der Waals surface area contributed by atoms with Gasteiger partial charge in [-0.25, -0.2) is 9.97 Å². The summed E-state index contributed by atoms with van der Waals surface area (Å²) < 4.78 is 45.3. The summed E-state index contributed by atoms with van der Waals surface area (Å²) in [6, 6.07) is 12.1. The number of hydrogen-bond donors (Lipinski definition) is 3. The molecule has 1 aliphatic rings. The fourth-order valence-corrected chi connectivity index (χ4v) is 4.50. The van der Waals surface area contributed by atoms with Crippen LogP contribution in [0.1, 0.15) is 47.2 Å². The van der Waals surface area contributed by atoms with Gasteiger partial charge in [0.05, 0.1) is 28.8 Å². The van der Waals surface area contributed by atoms with Crippen molar-refractivity contribution in [3.05, 3.63) is 77.6 Å². The quantitative estimate of drug-likeness (QED) is 0.281. The van der Waals surface area contributed by atoms with Gasteiger partial charge in [-0.3, -0.25) is 9.59 Å². The summed E-state index contributed by atoms with van der Waals surface area (Å²) in [4.78, 5) is 33.8. The number of Topliss-reactive ketones (excluding diaryl/α,β-unsaturated/α-hetero) is 1. The van der Waals surface area contributed by atoms with Gasteiger partial charge in [0.2, 0.25) is 11.9 Å². The number of ether oxygens (including phenoxy) is 1. The van der Waals surface area contributed by atoms with E-state index in [0.717, 1.165) is 11.6 Å². The number of ketones is 1. The van der Waals surface area contributed by atoms with E-state index in [1.165, 1.54) is 30.6 Å². The minimum atomic E-state index is -4.46. The summed E-state index contributed by atoms with van der Waals surface area (Å²) in [5, 5.41) is 8.57. The molecule has 2 aromatic carbocycles. The molecule has 39 heavy (non-hydrogen) atoms. The largest absolute Gasteiger partial charge is 0.418 e. The van der Waals surface area contributed by atoms with Crippen LogP contribution in [0.2, 0.25) is 0 Å². The maximum Gasteiger partial charge on any atom is 0.418 e. The molecule has 3 N–H and O–H groups in total. The van der Waals surface area contributed by atoms with Gasteiger partial charge < -0.3 is 20.7 Å². The molecule has 0 bridgehead atoms. The van der Waals surface area contributed by atoms with Crippen LogP contribution in [-0.4, -0.2) is 41.9 Å². The number of hydrogen-bond acceptors (Lipinski definition) is 7. The van der Waals surface area contributed by atoms with E-state index >= 15 is 0 Å². The van der Waals surface area contributed by atoms with Crippen molar-refractivity contribution in [1.29, 1.82) is 0 Å². The first kappa shape index (κ1) is 28.0. The van der Waals surface area contributed by atoms with Crippen molar-refractivity contribution in [2.24, 2.45) is 5.41 Å². The highest BCUT2D eigenvalue weighted by Gasteiger charge is 2.41. The summed E-state index contributed by atoms with van der Waals surface area (Å²) in [7, 11) is 1.69. The molecule has 2 heterocycles. The first-order valence-corrected chi connectivity index (χ1v) is 12.6. The number of anilines is 3. The molecule has 1 fully saturated rings. The number of amides is 1. The van der Waals surface area contributed by atoms with Gasteiger partial charge in [-0.15, -0.1) is 0 Å². The Bertz CT molecular complexity index is 1270.